The lowest BCUT2D eigenvalue weighted by atomic mass is 9.86. The molecule has 120 valence electrons. The third-order valence-corrected chi connectivity index (χ3v) is 5.20. The van der Waals surface area contributed by atoms with Crippen molar-refractivity contribution in [2.24, 2.45) is 0 Å². The molecule has 3 heterocycles. The highest BCUT2D eigenvalue weighted by atomic mass is 16.2. The summed E-state index contributed by atoms with van der Waals surface area (Å²) >= 11 is 0. The lowest BCUT2D eigenvalue weighted by molar-refractivity contribution is -0.134. The molecule has 1 spiro atoms. The normalized spacial score (nSPS) is 25.0. The summed E-state index contributed by atoms with van der Waals surface area (Å²) < 4.78 is 1.90. The summed E-state index contributed by atoms with van der Waals surface area (Å²) in [6.45, 7) is 2.60. The molecule has 2 fully saturated rings. The Balaban J connectivity index is 1.64. The number of carbonyl (C=O) groups excluding carboxylic acids is 1. The van der Waals surface area contributed by atoms with Crippen molar-refractivity contribution in [2.45, 2.75) is 37.8 Å². The second-order valence-electron chi connectivity index (χ2n) is 6.50. The summed E-state index contributed by atoms with van der Waals surface area (Å²) in [5, 5.41) is 7.43. The van der Waals surface area contributed by atoms with Crippen LogP contribution in [0.15, 0.2) is 42.7 Å². The van der Waals surface area contributed by atoms with Crippen molar-refractivity contribution in [3.8, 4) is 5.69 Å². The van der Waals surface area contributed by atoms with Gasteiger partial charge in [0.15, 0.2) is 0 Å². The molecule has 2 aromatic rings. The average Bonchev–Trinajstić information content (AvgIpc) is 3.22. The first-order chi connectivity index (χ1) is 11.3. The zero-order chi connectivity index (χ0) is 15.7. The first-order valence-electron chi connectivity index (χ1n) is 8.41. The van der Waals surface area contributed by atoms with Gasteiger partial charge in [0.25, 0.3) is 0 Å². The topological polar surface area (TPSA) is 50.2 Å². The second kappa shape index (κ2) is 5.81. The number of para-hydroxylation sites is 1. The number of amides is 1. The zero-order valence-electron chi connectivity index (χ0n) is 13.2. The maximum Gasteiger partial charge on any atom is 0.240 e. The highest BCUT2D eigenvalue weighted by molar-refractivity contribution is 5.87. The molecule has 1 unspecified atom stereocenters. The first kappa shape index (κ1) is 14.5. The Morgan fingerprint density at radius 2 is 2.04 bits per heavy atom. The van der Waals surface area contributed by atoms with Gasteiger partial charge in [-0.05, 0) is 49.9 Å². The lowest BCUT2D eigenvalue weighted by Crippen LogP contribution is -2.58. The van der Waals surface area contributed by atoms with E-state index in [0.717, 1.165) is 51.0 Å². The Hall–Kier alpha value is -2.14. The molecule has 4 rings (SSSR count). The molecule has 1 amide bonds. The molecule has 0 saturated carbocycles. The minimum Gasteiger partial charge on any atom is -0.354 e. The molecule has 0 bridgehead atoms. The predicted molar refractivity (Wildman–Crippen MR) is 88.2 cm³/mol. The molecule has 1 N–H and O–H groups in total. The molecular formula is C18H22N4O. The van der Waals surface area contributed by atoms with Crippen LogP contribution in [0.2, 0.25) is 0 Å². The second-order valence-corrected chi connectivity index (χ2v) is 6.50. The summed E-state index contributed by atoms with van der Waals surface area (Å²) in [4.78, 5) is 14.9. The fourth-order valence-electron chi connectivity index (χ4n) is 4.05. The Labute approximate surface area is 136 Å². The Morgan fingerprint density at radius 3 is 2.87 bits per heavy atom. The van der Waals surface area contributed by atoms with Gasteiger partial charge in [0.05, 0.1) is 5.69 Å². The van der Waals surface area contributed by atoms with Crippen LogP contribution in [0.25, 0.3) is 5.69 Å². The monoisotopic (exact) mass is 310 g/mol. The lowest BCUT2D eigenvalue weighted by Gasteiger charge is -2.40. The van der Waals surface area contributed by atoms with Crippen molar-refractivity contribution < 1.29 is 4.79 Å². The predicted octanol–water partition coefficient (Wildman–Crippen LogP) is 2.12. The first-order valence-corrected chi connectivity index (χ1v) is 8.41. The third kappa shape index (κ3) is 2.45. The molecule has 0 radical (unpaired) electrons. The molecule has 1 aromatic heterocycles. The third-order valence-electron chi connectivity index (χ3n) is 5.20. The van der Waals surface area contributed by atoms with E-state index in [2.05, 4.69) is 33.5 Å². The Bertz CT molecular complexity index is 697. The molecule has 2 saturated heterocycles. The van der Waals surface area contributed by atoms with Crippen LogP contribution < -0.4 is 5.32 Å². The number of benzene rings is 1. The van der Waals surface area contributed by atoms with Gasteiger partial charge in [-0.25, -0.2) is 4.68 Å². The molecule has 0 aliphatic carbocycles. The summed E-state index contributed by atoms with van der Waals surface area (Å²) in [6.07, 6.45) is 7.88. The fraction of sp³-hybridized carbons (Fsp3) is 0.444. The van der Waals surface area contributed by atoms with Gasteiger partial charge in [-0.1, -0.05) is 18.2 Å². The fourth-order valence-corrected chi connectivity index (χ4v) is 4.05. The van der Waals surface area contributed by atoms with E-state index < -0.39 is 0 Å². The molecule has 2 aliphatic heterocycles. The number of likely N-dealkylation sites (tertiary alicyclic amines) is 1. The minimum atomic E-state index is -0.296. The van der Waals surface area contributed by atoms with Crippen LogP contribution in [0.5, 0.6) is 0 Å². The van der Waals surface area contributed by atoms with Crippen molar-refractivity contribution in [3.05, 3.63) is 48.3 Å². The Morgan fingerprint density at radius 1 is 1.17 bits per heavy atom. The number of rotatable bonds is 3. The van der Waals surface area contributed by atoms with Crippen molar-refractivity contribution in [3.63, 3.8) is 0 Å². The van der Waals surface area contributed by atoms with Gasteiger partial charge in [-0.15, -0.1) is 0 Å². The molecule has 23 heavy (non-hydrogen) atoms. The Kier molecular flexibility index (Phi) is 3.65. The number of nitrogens with one attached hydrogen (secondary N) is 1. The van der Waals surface area contributed by atoms with Gasteiger partial charge in [0, 0.05) is 25.5 Å². The minimum absolute atomic E-state index is 0.220. The smallest absolute Gasteiger partial charge is 0.240 e. The van der Waals surface area contributed by atoms with Crippen LogP contribution >= 0.6 is 0 Å². The van der Waals surface area contributed by atoms with E-state index in [0.29, 0.717) is 0 Å². The van der Waals surface area contributed by atoms with Gasteiger partial charge >= 0.3 is 0 Å². The van der Waals surface area contributed by atoms with Gasteiger partial charge in [0.1, 0.15) is 5.54 Å². The number of carbonyl (C=O) groups is 1. The van der Waals surface area contributed by atoms with Crippen molar-refractivity contribution in [1.82, 2.24) is 20.0 Å². The summed E-state index contributed by atoms with van der Waals surface area (Å²) in [6, 6.07) is 10.3. The highest BCUT2D eigenvalue weighted by Crippen LogP contribution is 2.37. The van der Waals surface area contributed by atoms with Crippen LogP contribution in [0.1, 0.15) is 31.2 Å². The number of piperidine rings is 1. The van der Waals surface area contributed by atoms with Crippen LogP contribution in [0, 0.1) is 0 Å². The van der Waals surface area contributed by atoms with Gasteiger partial charge < -0.3 is 5.32 Å². The number of nitrogens with zero attached hydrogens (tertiary/aromatic N) is 3. The van der Waals surface area contributed by atoms with Crippen molar-refractivity contribution in [2.75, 3.05) is 13.1 Å². The van der Waals surface area contributed by atoms with Gasteiger partial charge in [0.2, 0.25) is 5.91 Å². The van der Waals surface area contributed by atoms with Gasteiger partial charge in [-0.2, -0.15) is 5.10 Å². The maximum absolute atomic E-state index is 12.6. The summed E-state index contributed by atoms with van der Waals surface area (Å²) in [5.74, 6) is 0.220. The zero-order valence-corrected chi connectivity index (χ0v) is 13.2. The molecule has 5 nitrogen and oxygen atoms in total. The van der Waals surface area contributed by atoms with E-state index in [-0.39, 0.29) is 11.4 Å². The van der Waals surface area contributed by atoms with E-state index in [1.807, 2.05) is 23.0 Å². The summed E-state index contributed by atoms with van der Waals surface area (Å²) in [5.41, 5.74) is 2.02. The standard InChI is InChI=1S/C18H22N4O/c23-17-18(8-3-10-19-17)9-4-12-21(18)14-15-6-1-2-7-16(15)22-13-5-11-20-22/h1-2,5-7,11,13H,3-4,8-10,12,14H2,(H,19,23). The SMILES string of the molecule is O=C1NCCCC12CCCN2Cc1ccccc1-n1cccn1. The maximum atomic E-state index is 12.6. The molecule has 1 aromatic carbocycles. The number of hydrogen-bond acceptors (Lipinski definition) is 3. The van der Waals surface area contributed by atoms with E-state index in [4.69, 9.17) is 0 Å². The van der Waals surface area contributed by atoms with E-state index in [1.54, 1.807) is 6.20 Å². The molecule has 5 heteroatoms. The van der Waals surface area contributed by atoms with E-state index in [1.165, 1.54) is 5.56 Å². The number of aromatic nitrogens is 2. The average molecular weight is 310 g/mol. The van der Waals surface area contributed by atoms with Crippen LogP contribution in [0.4, 0.5) is 0 Å². The van der Waals surface area contributed by atoms with Crippen LogP contribution in [-0.2, 0) is 11.3 Å². The molecule has 1 atom stereocenters. The molecular weight excluding hydrogens is 288 g/mol. The molecule has 2 aliphatic rings. The highest BCUT2D eigenvalue weighted by Gasteiger charge is 2.48. The van der Waals surface area contributed by atoms with Crippen LogP contribution in [-0.4, -0.2) is 39.2 Å². The quantitative estimate of drug-likeness (QED) is 0.945. The van der Waals surface area contributed by atoms with Gasteiger partial charge in [-0.3, -0.25) is 9.69 Å². The van der Waals surface area contributed by atoms with Crippen LogP contribution in [0.3, 0.4) is 0 Å². The van der Waals surface area contributed by atoms with Crippen molar-refractivity contribution in [1.29, 1.82) is 0 Å². The van der Waals surface area contributed by atoms with E-state index in [9.17, 15) is 4.79 Å². The summed E-state index contributed by atoms with van der Waals surface area (Å²) in [7, 11) is 0. The van der Waals surface area contributed by atoms with Crippen molar-refractivity contribution >= 4 is 5.91 Å². The number of hydrogen-bond donors (Lipinski definition) is 1. The largest absolute Gasteiger partial charge is 0.354 e. The van der Waals surface area contributed by atoms with E-state index >= 15 is 0 Å².